The number of nitrogens with two attached hydrogens (primary N) is 1. The highest BCUT2D eigenvalue weighted by molar-refractivity contribution is 8.00. The molecule has 3 rings (SSSR count). The Hall–Kier alpha value is -1.99. The number of hydrogen-bond acceptors (Lipinski definition) is 5. The summed E-state index contributed by atoms with van der Waals surface area (Å²) in [5.74, 6) is -0.520. The highest BCUT2D eigenvalue weighted by Gasteiger charge is 2.14. The van der Waals surface area contributed by atoms with E-state index in [1.807, 2.05) is 5.38 Å². The first-order chi connectivity index (χ1) is 10.1. The number of amides is 1. The van der Waals surface area contributed by atoms with Crippen LogP contribution < -0.4 is 5.73 Å². The van der Waals surface area contributed by atoms with Crippen LogP contribution in [0.25, 0.3) is 21.3 Å². The molecule has 0 aliphatic rings. The quantitative estimate of drug-likeness (QED) is 0.593. The number of thioether (sulfide) groups is 1. The van der Waals surface area contributed by atoms with Crippen LogP contribution in [0.2, 0.25) is 0 Å². The molecule has 21 heavy (non-hydrogen) atoms. The van der Waals surface area contributed by atoms with Gasteiger partial charge in [0.15, 0.2) is 0 Å². The number of halogens is 1. The number of fused-ring (bicyclic) bond motifs is 1. The van der Waals surface area contributed by atoms with E-state index in [0.29, 0.717) is 5.03 Å². The van der Waals surface area contributed by atoms with Crippen LogP contribution in [0.1, 0.15) is 0 Å². The van der Waals surface area contributed by atoms with Gasteiger partial charge in [-0.15, -0.1) is 11.3 Å². The number of thiophene rings is 1. The van der Waals surface area contributed by atoms with Crippen molar-refractivity contribution in [3.05, 3.63) is 41.8 Å². The van der Waals surface area contributed by atoms with Gasteiger partial charge in [0.2, 0.25) is 5.91 Å². The van der Waals surface area contributed by atoms with Crippen molar-refractivity contribution in [1.29, 1.82) is 0 Å². The summed E-state index contributed by atoms with van der Waals surface area (Å²) in [4.78, 5) is 20.3. The molecule has 1 amide bonds. The first-order valence-corrected chi connectivity index (χ1v) is 7.91. The van der Waals surface area contributed by atoms with Gasteiger partial charge in [-0.05, 0) is 17.7 Å². The van der Waals surface area contributed by atoms with Crippen molar-refractivity contribution >= 4 is 39.2 Å². The van der Waals surface area contributed by atoms with Gasteiger partial charge in [-0.1, -0.05) is 23.9 Å². The Morgan fingerprint density at radius 1 is 1.29 bits per heavy atom. The fourth-order valence-electron chi connectivity index (χ4n) is 1.94. The summed E-state index contributed by atoms with van der Waals surface area (Å²) in [6.45, 7) is 0. The lowest BCUT2D eigenvalue weighted by atomic mass is 10.1. The number of carbonyl (C=O) groups excluding carboxylic acids is 1. The third kappa shape index (κ3) is 2.88. The van der Waals surface area contributed by atoms with Gasteiger partial charge < -0.3 is 5.73 Å². The molecule has 2 N–H and O–H groups in total. The summed E-state index contributed by atoms with van der Waals surface area (Å²) in [5.41, 5.74) is 7.00. The lowest BCUT2D eigenvalue weighted by Crippen LogP contribution is -2.13. The minimum Gasteiger partial charge on any atom is -0.369 e. The van der Waals surface area contributed by atoms with Crippen molar-refractivity contribution in [3.8, 4) is 11.1 Å². The number of nitrogens with zero attached hydrogens (tertiary/aromatic N) is 2. The average molecular weight is 319 g/mol. The number of aromatic nitrogens is 2. The SMILES string of the molecule is NC(=O)CSc1ncnc2scc(-c3ccc(F)cc3)c12. The van der Waals surface area contributed by atoms with E-state index in [1.54, 1.807) is 12.1 Å². The smallest absolute Gasteiger partial charge is 0.227 e. The van der Waals surface area contributed by atoms with E-state index in [1.165, 1.54) is 41.6 Å². The number of benzene rings is 1. The van der Waals surface area contributed by atoms with Gasteiger partial charge in [-0.3, -0.25) is 4.79 Å². The van der Waals surface area contributed by atoms with Crippen molar-refractivity contribution in [1.82, 2.24) is 9.97 Å². The zero-order chi connectivity index (χ0) is 14.8. The lowest BCUT2D eigenvalue weighted by molar-refractivity contribution is -0.115. The molecular weight excluding hydrogens is 309 g/mol. The summed E-state index contributed by atoms with van der Waals surface area (Å²) in [6.07, 6.45) is 1.47. The third-order valence-corrected chi connectivity index (χ3v) is 4.74. The number of rotatable bonds is 4. The highest BCUT2D eigenvalue weighted by atomic mass is 32.2. The van der Waals surface area contributed by atoms with E-state index in [-0.39, 0.29) is 11.6 Å². The maximum absolute atomic E-state index is 13.1. The Morgan fingerprint density at radius 3 is 2.76 bits per heavy atom. The van der Waals surface area contributed by atoms with Gasteiger partial charge in [0.1, 0.15) is 22.0 Å². The van der Waals surface area contributed by atoms with Crippen molar-refractivity contribution in [2.75, 3.05) is 5.75 Å². The van der Waals surface area contributed by atoms with Gasteiger partial charge in [0.05, 0.1) is 11.1 Å². The van der Waals surface area contributed by atoms with E-state index < -0.39 is 5.91 Å². The molecule has 0 aliphatic heterocycles. The predicted molar refractivity (Wildman–Crippen MR) is 82.7 cm³/mol. The largest absolute Gasteiger partial charge is 0.369 e. The molecule has 2 heterocycles. The van der Waals surface area contributed by atoms with Crippen LogP contribution in [0, 0.1) is 5.82 Å². The Balaban J connectivity index is 2.10. The van der Waals surface area contributed by atoms with Gasteiger partial charge in [-0.25, -0.2) is 14.4 Å². The second-order valence-corrected chi connectivity index (χ2v) is 6.09. The molecule has 2 aromatic heterocycles. The Labute approximate surface area is 128 Å². The molecule has 0 saturated carbocycles. The Kier molecular flexibility index (Phi) is 3.85. The molecule has 0 saturated heterocycles. The topological polar surface area (TPSA) is 68.9 Å². The Morgan fingerprint density at radius 2 is 2.05 bits per heavy atom. The number of primary amides is 1. The van der Waals surface area contributed by atoms with Gasteiger partial charge >= 0.3 is 0 Å². The third-order valence-electron chi connectivity index (χ3n) is 2.84. The molecule has 0 aliphatic carbocycles. The first-order valence-electron chi connectivity index (χ1n) is 6.04. The fraction of sp³-hybridized carbons (Fsp3) is 0.0714. The molecule has 0 bridgehead atoms. The minimum atomic E-state index is -0.398. The number of hydrogen-bond donors (Lipinski definition) is 1. The fourth-order valence-corrected chi connectivity index (χ4v) is 3.67. The normalized spacial score (nSPS) is 10.9. The zero-order valence-corrected chi connectivity index (χ0v) is 12.4. The lowest BCUT2D eigenvalue weighted by Gasteiger charge is -2.04. The summed E-state index contributed by atoms with van der Waals surface area (Å²) >= 11 is 2.77. The van der Waals surface area contributed by atoms with Crippen LogP contribution in [0.3, 0.4) is 0 Å². The second-order valence-electron chi connectivity index (χ2n) is 4.27. The van der Waals surface area contributed by atoms with E-state index in [0.717, 1.165) is 21.3 Å². The van der Waals surface area contributed by atoms with E-state index in [4.69, 9.17) is 5.73 Å². The van der Waals surface area contributed by atoms with Crippen LogP contribution >= 0.6 is 23.1 Å². The van der Waals surface area contributed by atoms with Crippen molar-refractivity contribution in [3.63, 3.8) is 0 Å². The van der Waals surface area contributed by atoms with Crippen LogP contribution in [-0.2, 0) is 4.79 Å². The van der Waals surface area contributed by atoms with Crippen LogP contribution in [-0.4, -0.2) is 21.6 Å². The maximum Gasteiger partial charge on any atom is 0.227 e. The predicted octanol–water partition coefficient (Wildman–Crippen LogP) is 3.07. The van der Waals surface area contributed by atoms with Crippen molar-refractivity contribution in [2.24, 2.45) is 5.73 Å². The average Bonchev–Trinajstić information content (AvgIpc) is 2.90. The summed E-state index contributed by atoms with van der Waals surface area (Å²) in [7, 11) is 0. The van der Waals surface area contributed by atoms with Crippen LogP contribution in [0.5, 0.6) is 0 Å². The van der Waals surface area contributed by atoms with Gasteiger partial charge in [0.25, 0.3) is 0 Å². The molecule has 7 heteroatoms. The molecule has 3 aromatic rings. The van der Waals surface area contributed by atoms with E-state index >= 15 is 0 Å². The minimum absolute atomic E-state index is 0.158. The van der Waals surface area contributed by atoms with Crippen LogP contribution in [0.4, 0.5) is 4.39 Å². The molecule has 0 radical (unpaired) electrons. The summed E-state index contributed by atoms with van der Waals surface area (Å²) in [6, 6.07) is 6.26. The maximum atomic E-state index is 13.1. The monoisotopic (exact) mass is 319 g/mol. The molecule has 0 atom stereocenters. The van der Waals surface area contributed by atoms with Crippen molar-refractivity contribution in [2.45, 2.75) is 5.03 Å². The highest BCUT2D eigenvalue weighted by Crippen LogP contribution is 2.37. The molecular formula is C14H10FN3OS2. The zero-order valence-electron chi connectivity index (χ0n) is 10.7. The molecule has 106 valence electrons. The Bertz CT molecular complexity index is 802. The first kappa shape index (κ1) is 14.0. The molecule has 4 nitrogen and oxygen atoms in total. The van der Waals surface area contributed by atoms with Gasteiger partial charge in [0, 0.05) is 10.9 Å². The molecule has 0 unspecified atom stereocenters. The van der Waals surface area contributed by atoms with Crippen LogP contribution in [0.15, 0.2) is 41.0 Å². The van der Waals surface area contributed by atoms with E-state index in [9.17, 15) is 9.18 Å². The molecule has 0 fully saturated rings. The van der Waals surface area contributed by atoms with Gasteiger partial charge in [-0.2, -0.15) is 0 Å². The second kappa shape index (κ2) is 5.79. The summed E-state index contributed by atoms with van der Waals surface area (Å²) < 4.78 is 13.1. The van der Waals surface area contributed by atoms with Crippen molar-refractivity contribution < 1.29 is 9.18 Å². The summed E-state index contributed by atoms with van der Waals surface area (Å²) in [5, 5.41) is 3.54. The standard InChI is InChI=1S/C14H10FN3OS2/c15-9-3-1-8(2-4-9)10-5-20-13-12(10)14(18-7-17-13)21-6-11(16)19/h1-5,7H,6H2,(H2,16,19). The number of carbonyl (C=O) groups is 1. The molecule has 1 aromatic carbocycles. The van der Waals surface area contributed by atoms with E-state index in [2.05, 4.69) is 9.97 Å². The molecule has 0 spiro atoms.